The summed E-state index contributed by atoms with van der Waals surface area (Å²) in [5.41, 5.74) is 0. The van der Waals surface area contributed by atoms with Crippen molar-refractivity contribution in [2.24, 2.45) is 0 Å². The molecule has 0 saturated heterocycles. The molecule has 1 aromatic carbocycles. The van der Waals surface area contributed by atoms with Crippen LogP contribution in [0.5, 0.6) is 5.75 Å². The van der Waals surface area contributed by atoms with E-state index < -0.39 is 11.9 Å². The number of hydrogen-bond donors (Lipinski definition) is 2. The Bertz CT molecular complexity index is 566. The summed E-state index contributed by atoms with van der Waals surface area (Å²) in [6, 6.07) is 4.19. The lowest BCUT2D eigenvalue weighted by Crippen LogP contribution is -2.32. The molecule has 0 aliphatic heterocycles. The minimum absolute atomic E-state index is 0.0486. The fraction of sp³-hybridized carbons (Fsp3) is 0.400. The predicted molar refractivity (Wildman–Crippen MR) is 82.6 cm³/mol. The van der Waals surface area contributed by atoms with E-state index in [1.54, 1.807) is 18.6 Å². The third-order valence-electron chi connectivity index (χ3n) is 3.04. The van der Waals surface area contributed by atoms with Gasteiger partial charge in [-0.2, -0.15) is 0 Å². The molecule has 0 fully saturated rings. The first-order valence-electron chi connectivity index (χ1n) is 7.07. The summed E-state index contributed by atoms with van der Waals surface area (Å²) in [6.45, 7) is 2.17. The first-order chi connectivity index (χ1) is 10.6. The number of benzene rings is 1. The van der Waals surface area contributed by atoms with Crippen molar-refractivity contribution < 1.29 is 14.2 Å². The first kappa shape index (κ1) is 16.7. The van der Waals surface area contributed by atoms with Gasteiger partial charge in [0.15, 0.2) is 0 Å². The molecule has 2 rings (SSSR count). The summed E-state index contributed by atoms with van der Waals surface area (Å²) in [7, 11) is 0. The van der Waals surface area contributed by atoms with Crippen LogP contribution in [0.2, 0.25) is 5.02 Å². The van der Waals surface area contributed by atoms with Gasteiger partial charge in [-0.3, -0.25) is 0 Å². The second-order valence-corrected chi connectivity index (χ2v) is 5.31. The minimum Gasteiger partial charge on any atom is -0.491 e. The number of aliphatic hydroxyl groups is 1. The summed E-state index contributed by atoms with van der Waals surface area (Å²) in [5, 5.41) is 13.0. The van der Waals surface area contributed by atoms with Crippen molar-refractivity contribution in [3.8, 4) is 5.75 Å². The summed E-state index contributed by atoms with van der Waals surface area (Å²) in [6.07, 6.45) is 5.70. The zero-order chi connectivity index (χ0) is 15.8. The lowest BCUT2D eigenvalue weighted by Gasteiger charge is -2.13. The standard InChI is InChI=1S/C15H19ClFN3O2/c16-14-3-2-13(8-15(14)17)22-10-12(21)9-18-4-1-6-20-7-5-19-11-20/h2-3,5,7-8,11-12,18,21H,1,4,6,9-10H2/t12-/m0/s1. The second kappa shape index (κ2) is 8.73. The molecule has 0 radical (unpaired) electrons. The summed E-state index contributed by atoms with van der Waals surface area (Å²) >= 11 is 5.58. The van der Waals surface area contributed by atoms with Crippen LogP contribution in [0, 0.1) is 5.82 Å². The van der Waals surface area contributed by atoms with Crippen LogP contribution in [0.1, 0.15) is 6.42 Å². The van der Waals surface area contributed by atoms with Crippen molar-refractivity contribution in [2.75, 3.05) is 19.7 Å². The highest BCUT2D eigenvalue weighted by Gasteiger charge is 2.06. The van der Waals surface area contributed by atoms with Crippen LogP contribution in [-0.4, -0.2) is 40.5 Å². The number of imidazole rings is 1. The molecule has 1 heterocycles. The van der Waals surface area contributed by atoms with Gasteiger partial charge < -0.3 is 19.7 Å². The van der Waals surface area contributed by atoms with Crippen LogP contribution < -0.4 is 10.1 Å². The van der Waals surface area contributed by atoms with E-state index in [0.29, 0.717) is 12.3 Å². The molecule has 0 amide bonds. The van der Waals surface area contributed by atoms with E-state index in [4.69, 9.17) is 16.3 Å². The van der Waals surface area contributed by atoms with Crippen molar-refractivity contribution >= 4 is 11.6 Å². The molecule has 22 heavy (non-hydrogen) atoms. The molecular weight excluding hydrogens is 309 g/mol. The van der Waals surface area contributed by atoms with Crippen LogP contribution in [0.4, 0.5) is 4.39 Å². The van der Waals surface area contributed by atoms with Gasteiger partial charge in [-0.25, -0.2) is 9.37 Å². The van der Waals surface area contributed by atoms with Crippen molar-refractivity contribution in [1.29, 1.82) is 0 Å². The lowest BCUT2D eigenvalue weighted by atomic mass is 10.3. The summed E-state index contributed by atoms with van der Waals surface area (Å²) in [5.74, 6) is -0.188. The fourth-order valence-corrected chi connectivity index (χ4v) is 2.01. The maximum atomic E-state index is 13.2. The van der Waals surface area contributed by atoms with E-state index in [1.807, 2.05) is 10.8 Å². The molecule has 5 nitrogen and oxygen atoms in total. The van der Waals surface area contributed by atoms with Crippen LogP contribution in [-0.2, 0) is 6.54 Å². The average molecular weight is 328 g/mol. The van der Waals surface area contributed by atoms with Crippen molar-refractivity contribution in [3.05, 3.63) is 47.8 Å². The number of aromatic nitrogens is 2. The monoisotopic (exact) mass is 327 g/mol. The number of aliphatic hydroxyl groups excluding tert-OH is 1. The molecule has 7 heteroatoms. The Kier molecular flexibility index (Phi) is 6.64. The van der Waals surface area contributed by atoms with E-state index in [-0.39, 0.29) is 11.6 Å². The van der Waals surface area contributed by atoms with Crippen molar-refractivity contribution in [2.45, 2.75) is 19.1 Å². The Morgan fingerprint density at radius 3 is 3.05 bits per heavy atom. The topological polar surface area (TPSA) is 59.3 Å². The van der Waals surface area contributed by atoms with E-state index >= 15 is 0 Å². The predicted octanol–water partition coefficient (Wildman–Crippen LogP) is 2.10. The van der Waals surface area contributed by atoms with Gasteiger partial charge in [0, 0.05) is 31.5 Å². The van der Waals surface area contributed by atoms with Crippen LogP contribution in [0.15, 0.2) is 36.9 Å². The quantitative estimate of drug-likeness (QED) is 0.692. The average Bonchev–Trinajstić information content (AvgIpc) is 3.01. The molecule has 1 aromatic heterocycles. The highest BCUT2D eigenvalue weighted by molar-refractivity contribution is 6.30. The third kappa shape index (κ3) is 5.63. The molecule has 0 aliphatic rings. The number of ether oxygens (including phenoxy) is 1. The van der Waals surface area contributed by atoms with Gasteiger partial charge in [-0.05, 0) is 25.1 Å². The van der Waals surface area contributed by atoms with Gasteiger partial charge >= 0.3 is 0 Å². The lowest BCUT2D eigenvalue weighted by molar-refractivity contribution is 0.106. The normalized spacial score (nSPS) is 12.3. The Hall–Kier alpha value is -1.63. The summed E-state index contributed by atoms with van der Waals surface area (Å²) < 4.78 is 20.5. The van der Waals surface area contributed by atoms with Crippen LogP contribution in [0.25, 0.3) is 0 Å². The number of nitrogens with one attached hydrogen (secondary N) is 1. The van der Waals surface area contributed by atoms with Gasteiger partial charge in [0.2, 0.25) is 0 Å². The van der Waals surface area contributed by atoms with Gasteiger partial charge in [-0.1, -0.05) is 11.6 Å². The maximum absolute atomic E-state index is 13.2. The number of halogens is 2. The zero-order valence-corrected chi connectivity index (χ0v) is 12.8. The van der Waals surface area contributed by atoms with Crippen molar-refractivity contribution in [3.63, 3.8) is 0 Å². The molecule has 0 saturated carbocycles. The van der Waals surface area contributed by atoms with E-state index in [2.05, 4.69) is 10.3 Å². The molecule has 2 aromatic rings. The summed E-state index contributed by atoms with van der Waals surface area (Å²) in [4.78, 5) is 3.97. The highest BCUT2D eigenvalue weighted by atomic mass is 35.5. The highest BCUT2D eigenvalue weighted by Crippen LogP contribution is 2.20. The molecule has 0 aliphatic carbocycles. The molecule has 1 atom stereocenters. The SMILES string of the molecule is O[C@@H](CNCCCn1ccnc1)COc1ccc(Cl)c(F)c1. The Labute approximate surface area is 133 Å². The fourth-order valence-electron chi connectivity index (χ4n) is 1.89. The first-order valence-corrected chi connectivity index (χ1v) is 7.45. The third-order valence-corrected chi connectivity index (χ3v) is 3.35. The molecule has 2 N–H and O–H groups in total. The Morgan fingerprint density at radius 2 is 2.32 bits per heavy atom. The number of aryl methyl sites for hydroxylation is 1. The van der Waals surface area contributed by atoms with E-state index in [9.17, 15) is 9.50 Å². The molecule has 0 unspecified atom stereocenters. The number of nitrogens with zero attached hydrogens (tertiary/aromatic N) is 2. The largest absolute Gasteiger partial charge is 0.491 e. The van der Waals surface area contributed by atoms with Gasteiger partial charge in [0.25, 0.3) is 0 Å². The molecule has 0 bridgehead atoms. The second-order valence-electron chi connectivity index (χ2n) is 4.90. The maximum Gasteiger partial charge on any atom is 0.145 e. The van der Waals surface area contributed by atoms with Crippen LogP contribution in [0.3, 0.4) is 0 Å². The van der Waals surface area contributed by atoms with Gasteiger partial charge in [0.1, 0.15) is 24.3 Å². The zero-order valence-electron chi connectivity index (χ0n) is 12.1. The molecule has 120 valence electrons. The Balaban J connectivity index is 1.57. The van der Waals surface area contributed by atoms with E-state index in [1.165, 1.54) is 12.1 Å². The Morgan fingerprint density at radius 1 is 1.45 bits per heavy atom. The molecule has 0 spiro atoms. The molecular formula is C15H19ClFN3O2. The smallest absolute Gasteiger partial charge is 0.145 e. The number of hydrogen-bond acceptors (Lipinski definition) is 4. The minimum atomic E-state index is -0.660. The van der Waals surface area contributed by atoms with Gasteiger partial charge in [0.05, 0.1) is 11.3 Å². The van der Waals surface area contributed by atoms with Crippen LogP contribution >= 0.6 is 11.6 Å². The van der Waals surface area contributed by atoms with Crippen molar-refractivity contribution in [1.82, 2.24) is 14.9 Å². The number of rotatable bonds is 9. The van der Waals surface area contributed by atoms with Gasteiger partial charge in [-0.15, -0.1) is 0 Å². The van der Waals surface area contributed by atoms with E-state index in [0.717, 1.165) is 19.5 Å².